The third kappa shape index (κ3) is 4.38. The Morgan fingerprint density at radius 3 is 2.56 bits per heavy atom. The van der Waals surface area contributed by atoms with E-state index < -0.39 is 15.5 Å². The predicted molar refractivity (Wildman–Crippen MR) is 122 cm³/mol. The van der Waals surface area contributed by atoms with Gasteiger partial charge in [0.15, 0.2) is 9.84 Å². The number of ether oxygens (including phenoxy) is 1. The van der Waals surface area contributed by atoms with E-state index >= 15 is 0 Å². The lowest BCUT2D eigenvalue weighted by Gasteiger charge is -2.40. The van der Waals surface area contributed by atoms with E-state index in [0.29, 0.717) is 24.3 Å². The molecule has 0 atom stereocenters. The summed E-state index contributed by atoms with van der Waals surface area (Å²) in [6, 6.07) is 10.8. The van der Waals surface area contributed by atoms with Gasteiger partial charge in [0.1, 0.15) is 23.3 Å². The van der Waals surface area contributed by atoms with Crippen molar-refractivity contribution in [1.29, 1.82) is 0 Å². The Kier molecular flexibility index (Phi) is 5.45. The molecule has 2 aliphatic rings. The topological polar surface area (TPSA) is 64.4 Å². The number of rotatable bonds is 6. The molecule has 32 heavy (non-hydrogen) atoms. The van der Waals surface area contributed by atoms with E-state index in [4.69, 9.17) is 4.74 Å². The molecule has 1 aliphatic heterocycles. The number of fused-ring (bicyclic) bond motifs is 1. The molecule has 0 radical (unpaired) electrons. The largest absolute Gasteiger partial charge is 0.489 e. The average molecular weight is 458 g/mol. The lowest BCUT2D eigenvalue weighted by molar-refractivity contribution is 0.00154. The van der Waals surface area contributed by atoms with E-state index in [9.17, 15) is 12.8 Å². The molecule has 0 amide bonds. The van der Waals surface area contributed by atoms with Crippen molar-refractivity contribution < 1.29 is 17.5 Å². The Bertz CT molecular complexity index is 1210. The van der Waals surface area contributed by atoms with Crippen LogP contribution in [0.5, 0.6) is 5.75 Å². The molecule has 170 valence electrons. The second kappa shape index (κ2) is 8.15. The second-order valence-electron chi connectivity index (χ2n) is 9.13. The summed E-state index contributed by atoms with van der Waals surface area (Å²) in [4.78, 5) is 7.08. The maximum absolute atomic E-state index is 14.3. The molecule has 2 fully saturated rings. The first-order valence-corrected chi connectivity index (χ1v) is 13.0. The molecule has 3 heterocycles. The fourth-order valence-corrected chi connectivity index (χ4v) is 5.29. The number of benzene rings is 1. The van der Waals surface area contributed by atoms with Crippen LogP contribution in [0.3, 0.4) is 0 Å². The fraction of sp³-hybridized carbons (Fsp3) is 0.458. The van der Waals surface area contributed by atoms with Gasteiger partial charge < -0.3 is 9.30 Å². The first-order chi connectivity index (χ1) is 15.3. The van der Waals surface area contributed by atoms with E-state index in [1.807, 2.05) is 29.0 Å². The highest BCUT2D eigenvalue weighted by atomic mass is 32.2. The van der Waals surface area contributed by atoms with E-state index in [0.717, 1.165) is 54.8 Å². The molecule has 2 aromatic heterocycles. The number of hydrogen-bond acceptors (Lipinski definition) is 5. The lowest BCUT2D eigenvalue weighted by Crippen LogP contribution is -2.48. The second-order valence-corrected chi connectivity index (χ2v) is 11.1. The number of piperidine rings is 1. The lowest BCUT2D eigenvalue weighted by atomic mass is 9.81. The fourth-order valence-electron chi connectivity index (χ4n) is 4.63. The molecule has 1 aromatic carbocycles. The summed E-state index contributed by atoms with van der Waals surface area (Å²) in [6.07, 6.45) is 9.15. The highest BCUT2D eigenvalue weighted by molar-refractivity contribution is 7.90. The minimum absolute atomic E-state index is 0.123. The van der Waals surface area contributed by atoms with Crippen LogP contribution in [-0.4, -0.2) is 60.5 Å². The van der Waals surface area contributed by atoms with Gasteiger partial charge in [-0.15, -0.1) is 0 Å². The summed E-state index contributed by atoms with van der Waals surface area (Å²) in [6.45, 7) is 2.30. The van der Waals surface area contributed by atoms with Crippen LogP contribution in [0.2, 0.25) is 0 Å². The monoisotopic (exact) mass is 457 g/mol. The molecule has 6 nitrogen and oxygen atoms in total. The Hall–Kier alpha value is -2.45. The third-order valence-electron chi connectivity index (χ3n) is 6.65. The normalized spacial score (nSPS) is 19.7. The van der Waals surface area contributed by atoms with Crippen molar-refractivity contribution in [1.82, 2.24) is 14.5 Å². The van der Waals surface area contributed by atoms with E-state index in [1.165, 1.54) is 6.26 Å². The van der Waals surface area contributed by atoms with Crippen LogP contribution in [-0.2, 0) is 9.84 Å². The summed E-state index contributed by atoms with van der Waals surface area (Å²) >= 11 is 0. The summed E-state index contributed by atoms with van der Waals surface area (Å²) in [7, 11) is -3.24. The van der Waals surface area contributed by atoms with Gasteiger partial charge in [0.2, 0.25) is 0 Å². The summed E-state index contributed by atoms with van der Waals surface area (Å²) < 4.78 is 46.0. The summed E-state index contributed by atoms with van der Waals surface area (Å²) in [5.41, 5.74) is -0.0642. The number of nitrogens with zero attached hydrogens (tertiary/aromatic N) is 3. The Balaban J connectivity index is 1.22. The van der Waals surface area contributed by atoms with Crippen molar-refractivity contribution in [2.24, 2.45) is 0 Å². The number of alkyl halides is 1. The van der Waals surface area contributed by atoms with E-state index in [-0.39, 0.29) is 6.10 Å². The minimum atomic E-state index is -3.24. The molecule has 0 N–H and O–H groups in total. The van der Waals surface area contributed by atoms with Crippen LogP contribution in [0.4, 0.5) is 4.39 Å². The highest BCUT2D eigenvalue weighted by Crippen LogP contribution is 2.37. The van der Waals surface area contributed by atoms with Crippen molar-refractivity contribution in [2.75, 3.05) is 25.9 Å². The molecule has 1 aliphatic carbocycles. The zero-order valence-electron chi connectivity index (χ0n) is 18.2. The van der Waals surface area contributed by atoms with Crippen molar-refractivity contribution in [3.63, 3.8) is 0 Å². The van der Waals surface area contributed by atoms with Crippen LogP contribution in [0.1, 0.15) is 32.1 Å². The Morgan fingerprint density at radius 1 is 1.16 bits per heavy atom. The standard InChI is InChI=1S/C24H28FN3O3S/c1-32(29,30)21-4-5-22-18(15-21)7-14-28(22)23-6-3-20(16-26-23)31-19-8-12-27(13-9-19)17-24(25)10-2-11-24/h3-7,14-16,19H,2,8-13,17H2,1H3. The number of aromatic nitrogens is 2. The predicted octanol–water partition coefficient (Wildman–Crippen LogP) is 4.16. The first kappa shape index (κ1) is 21.4. The van der Waals surface area contributed by atoms with E-state index in [2.05, 4.69) is 9.88 Å². The van der Waals surface area contributed by atoms with Gasteiger partial charge in [-0.25, -0.2) is 17.8 Å². The average Bonchev–Trinajstić information content (AvgIpc) is 3.17. The van der Waals surface area contributed by atoms with Crippen LogP contribution in [0, 0.1) is 0 Å². The molecular formula is C24H28FN3O3S. The zero-order valence-corrected chi connectivity index (χ0v) is 19.0. The number of pyridine rings is 1. The van der Waals surface area contributed by atoms with Gasteiger partial charge in [-0.1, -0.05) is 0 Å². The summed E-state index contributed by atoms with van der Waals surface area (Å²) in [5.74, 6) is 1.46. The highest BCUT2D eigenvalue weighted by Gasteiger charge is 2.39. The van der Waals surface area contributed by atoms with Crippen molar-refractivity contribution in [2.45, 2.75) is 48.8 Å². The number of sulfone groups is 1. The first-order valence-electron chi connectivity index (χ1n) is 11.1. The van der Waals surface area contributed by atoms with Gasteiger partial charge in [0, 0.05) is 37.5 Å². The summed E-state index contributed by atoms with van der Waals surface area (Å²) in [5, 5.41) is 0.846. The molecule has 0 bridgehead atoms. The van der Waals surface area contributed by atoms with Gasteiger partial charge >= 0.3 is 0 Å². The van der Waals surface area contributed by atoms with Crippen molar-refractivity contribution in [3.05, 3.63) is 48.8 Å². The number of halogens is 1. The van der Waals surface area contributed by atoms with Crippen molar-refractivity contribution in [3.8, 4) is 11.6 Å². The molecule has 0 unspecified atom stereocenters. The number of likely N-dealkylation sites (tertiary alicyclic amines) is 1. The van der Waals surface area contributed by atoms with Gasteiger partial charge in [0.25, 0.3) is 0 Å². The SMILES string of the molecule is CS(=O)(=O)c1ccc2c(ccn2-c2ccc(OC3CCN(CC4(F)CCC4)CC3)cn2)c1. The van der Waals surface area contributed by atoms with Gasteiger partial charge in [-0.3, -0.25) is 4.90 Å². The molecule has 1 saturated carbocycles. The molecule has 1 saturated heterocycles. The van der Waals surface area contributed by atoms with Crippen LogP contribution < -0.4 is 4.74 Å². The van der Waals surface area contributed by atoms with Crippen LogP contribution >= 0.6 is 0 Å². The zero-order chi connectivity index (χ0) is 22.3. The minimum Gasteiger partial charge on any atom is -0.489 e. The Morgan fingerprint density at radius 2 is 1.94 bits per heavy atom. The van der Waals surface area contributed by atoms with Gasteiger partial charge in [0.05, 0.1) is 16.6 Å². The quantitative estimate of drug-likeness (QED) is 0.556. The van der Waals surface area contributed by atoms with E-state index in [1.54, 1.807) is 24.4 Å². The Labute approximate surface area is 187 Å². The van der Waals surface area contributed by atoms with Crippen LogP contribution in [0.25, 0.3) is 16.7 Å². The van der Waals surface area contributed by atoms with Crippen molar-refractivity contribution >= 4 is 20.7 Å². The molecule has 3 aromatic rings. The smallest absolute Gasteiger partial charge is 0.175 e. The molecular weight excluding hydrogens is 429 g/mol. The molecule has 8 heteroatoms. The van der Waals surface area contributed by atoms with Crippen LogP contribution in [0.15, 0.2) is 53.7 Å². The van der Waals surface area contributed by atoms with Gasteiger partial charge in [-0.2, -0.15) is 0 Å². The van der Waals surface area contributed by atoms with Gasteiger partial charge in [-0.05, 0) is 68.5 Å². The molecule has 5 rings (SSSR count). The maximum Gasteiger partial charge on any atom is 0.175 e. The molecule has 0 spiro atoms. The maximum atomic E-state index is 14.3. The third-order valence-corrected chi connectivity index (χ3v) is 7.76. The number of hydrogen-bond donors (Lipinski definition) is 0.